The van der Waals surface area contributed by atoms with E-state index >= 15 is 0 Å². The molecule has 7 heteroatoms. The molecule has 144 valence electrons. The topological polar surface area (TPSA) is 64.5 Å². The molecule has 4 rings (SSSR count). The number of benzene rings is 1. The van der Waals surface area contributed by atoms with Crippen molar-refractivity contribution in [2.75, 3.05) is 20.3 Å². The highest BCUT2D eigenvalue weighted by molar-refractivity contribution is 6.99. The van der Waals surface area contributed by atoms with Gasteiger partial charge in [-0.15, -0.1) is 0 Å². The Bertz CT molecular complexity index is 775. The van der Waals surface area contributed by atoms with E-state index in [4.69, 9.17) is 9.47 Å². The Morgan fingerprint density at radius 3 is 2.93 bits per heavy atom. The van der Waals surface area contributed by atoms with Crippen LogP contribution >= 0.6 is 11.7 Å². The van der Waals surface area contributed by atoms with E-state index in [2.05, 4.69) is 20.9 Å². The van der Waals surface area contributed by atoms with Crippen molar-refractivity contribution in [1.82, 2.24) is 13.6 Å². The van der Waals surface area contributed by atoms with E-state index in [1.165, 1.54) is 43.9 Å². The van der Waals surface area contributed by atoms with E-state index in [9.17, 15) is 4.79 Å². The number of methoxy groups -OCH3 is 1. The molecule has 0 bridgehead atoms. The normalized spacial score (nSPS) is 19.1. The summed E-state index contributed by atoms with van der Waals surface area (Å²) < 4.78 is 19.8. The number of hydrogen-bond donors (Lipinski definition) is 0. The van der Waals surface area contributed by atoms with Gasteiger partial charge in [-0.2, -0.15) is 8.75 Å². The number of ether oxygens (including phenoxy) is 2. The number of fused-ring (bicyclic) bond motifs is 1. The van der Waals surface area contributed by atoms with Crippen LogP contribution in [0.25, 0.3) is 0 Å². The Morgan fingerprint density at radius 1 is 1.33 bits per heavy atom. The lowest BCUT2D eigenvalue weighted by atomic mass is 9.82. The quantitative estimate of drug-likeness (QED) is 0.797. The van der Waals surface area contributed by atoms with Gasteiger partial charge in [0.2, 0.25) is 0 Å². The SMILES string of the molecule is COC(c1ccc2c(c1)CN(C(=O)c1cnsn1)CCO2)C1CCCCC1. The fraction of sp³-hybridized carbons (Fsp3) is 0.550. The van der Waals surface area contributed by atoms with E-state index in [0.29, 0.717) is 31.3 Å². The zero-order chi connectivity index (χ0) is 18.6. The molecule has 6 nitrogen and oxygen atoms in total. The number of rotatable bonds is 4. The number of carbonyl (C=O) groups is 1. The number of hydrogen-bond acceptors (Lipinski definition) is 6. The second kappa shape index (κ2) is 8.35. The average molecular weight is 388 g/mol. The van der Waals surface area contributed by atoms with Gasteiger partial charge in [0.25, 0.3) is 5.91 Å². The van der Waals surface area contributed by atoms with Crippen LogP contribution in [0.1, 0.15) is 59.8 Å². The predicted octanol–water partition coefficient (Wildman–Crippen LogP) is 3.84. The summed E-state index contributed by atoms with van der Waals surface area (Å²) >= 11 is 1.05. The summed E-state index contributed by atoms with van der Waals surface area (Å²) in [5, 5.41) is 0. The molecule has 1 aromatic heterocycles. The second-order valence-corrected chi connectivity index (χ2v) is 7.85. The fourth-order valence-corrected chi connectivity index (χ4v) is 4.63. The Labute approximate surface area is 163 Å². The molecule has 1 aliphatic carbocycles. The minimum atomic E-state index is -0.0961. The van der Waals surface area contributed by atoms with Crippen LogP contribution in [0.3, 0.4) is 0 Å². The Kier molecular flexibility index (Phi) is 5.69. The Hall–Kier alpha value is -1.99. The van der Waals surface area contributed by atoms with Crippen LogP contribution in [0.15, 0.2) is 24.4 Å². The van der Waals surface area contributed by atoms with Gasteiger partial charge in [0.1, 0.15) is 12.4 Å². The fourth-order valence-electron chi connectivity index (χ4n) is 4.22. The molecule has 2 aromatic rings. The van der Waals surface area contributed by atoms with Gasteiger partial charge in [-0.25, -0.2) is 0 Å². The van der Waals surface area contributed by atoms with Gasteiger partial charge in [-0.05, 0) is 36.5 Å². The van der Waals surface area contributed by atoms with Crippen LogP contribution in [0.4, 0.5) is 0 Å². The van der Waals surface area contributed by atoms with Gasteiger partial charge in [-0.1, -0.05) is 25.3 Å². The lowest BCUT2D eigenvalue weighted by Gasteiger charge is -2.30. The van der Waals surface area contributed by atoms with Crippen molar-refractivity contribution in [3.05, 3.63) is 41.2 Å². The summed E-state index contributed by atoms with van der Waals surface area (Å²) in [6.45, 7) is 1.53. The van der Waals surface area contributed by atoms with Gasteiger partial charge in [0, 0.05) is 19.2 Å². The highest BCUT2D eigenvalue weighted by Crippen LogP contribution is 2.38. The van der Waals surface area contributed by atoms with Crippen molar-refractivity contribution in [3.8, 4) is 5.75 Å². The summed E-state index contributed by atoms with van der Waals surface area (Å²) in [5.41, 5.74) is 2.60. The molecule has 2 aliphatic rings. The molecule has 1 fully saturated rings. The van der Waals surface area contributed by atoms with Crippen LogP contribution < -0.4 is 4.74 Å². The summed E-state index contributed by atoms with van der Waals surface area (Å²) in [4.78, 5) is 14.5. The van der Waals surface area contributed by atoms with Crippen LogP contribution in [0, 0.1) is 5.92 Å². The van der Waals surface area contributed by atoms with Gasteiger partial charge in [0.05, 0.1) is 30.6 Å². The highest BCUT2D eigenvalue weighted by atomic mass is 32.1. The van der Waals surface area contributed by atoms with Crippen molar-refractivity contribution >= 4 is 17.6 Å². The molecule has 2 heterocycles. The van der Waals surface area contributed by atoms with Crippen LogP contribution in [-0.2, 0) is 11.3 Å². The minimum absolute atomic E-state index is 0.0961. The third-order valence-electron chi connectivity index (χ3n) is 5.59. The zero-order valence-corrected chi connectivity index (χ0v) is 16.4. The first-order valence-corrected chi connectivity index (χ1v) is 10.3. The maximum absolute atomic E-state index is 12.7. The molecule has 1 aromatic carbocycles. The molecule has 1 unspecified atom stereocenters. The third kappa shape index (κ3) is 3.99. The van der Waals surface area contributed by atoms with E-state index in [0.717, 1.165) is 23.0 Å². The van der Waals surface area contributed by atoms with E-state index < -0.39 is 0 Å². The largest absolute Gasteiger partial charge is 0.491 e. The number of amides is 1. The molecule has 1 saturated carbocycles. The molecular formula is C20H25N3O3S. The Balaban J connectivity index is 1.57. The van der Waals surface area contributed by atoms with Crippen LogP contribution in [0.2, 0.25) is 0 Å². The molecule has 1 amide bonds. The summed E-state index contributed by atoms with van der Waals surface area (Å²) in [6.07, 6.45) is 7.95. The third-order valence-corrected chi connectivity index (χ3v) is 6.07. The number of nitrogens with zero attached hydrogens (tertiary/aromatic N) is 3. The van der Waals surface area contributed by atoms with Crippen LogP contribution in [0.5, 0.6) is 5.75 Å². The molecule has 1 atom stereocenters. The summed E-state index contributed by atoms with van der Waals surface area (Å²) in [5.74, 6) is 1.32. The standard InChI is InChI=1S/C20H25N3O3S/c1-25-19(14-5-3-2-4-6-14)15-7-8-18-16(11-15)13-23(9-10-26-18)20(24)17-12-21-27-22-17/h7-8,11-12,14,19H,2-6,9-10,13H2,1H3. The molecule has 27 heavy (non-hydrogen) atoms. The molecule has 0 saturated heterocycles. The molecule has 0 N–H and O–H groups in total. The van der Waals surface area contributed by atoms with Gasteiger partial charge in [-0.3, -0.25) is 4.79 Å². The molecule has 0 radical (unpaired) electrons. The highest BCUT2D eigenvalue weighted by Gasteiger charge is 2.27. The maximum atomic E-state index is 12.7. The zero-order valence-electron chi connectivity index (χ0n) is 15.6. The van der Waals surface area contributed by atoms with Crippen molar-refractivity contribution in [2.24, 2.45) is 5.92 Å². The summed E-state index contributed by atoms with van der Waals surface area (Å²) in [6, 6.07) is 6.30. The van der Waals surface area contributed by atoms with Crippen molar-refractivity contribution in [1.29, 1.82) is 0 Å². The van der Waals surface area contributed by atoms with Gasteiger partial charge < -0.3 is 14.4 Å². The van der Waals surface area contributed by atoms with E-state index in [-0.39, 0.29) is 12.0 Å². The monoisotopic (exact) mass is 387 g/mol. The first-order valence-electron chi connectivity index (χ1n) is 9.61. The first-order chi connectivity index (χ1) is 13.3. The predicted molar refractivity (Wildman–Crippen MR) is 103 cm³/mol. The maximum Gasteiger partial charge on any atom is 0.275 e. The van der Waals surface area contributed by atoms with Gasteiger partial charge in [0.15, 0.2) is 5.69 Å². The van der Waals surface area contributed by atoms with Crippen molar-refractivity contribution in [2.45, 2.75) is 44.8 Å². The lowest BCUT2D eigenvalue weighted by molar-refractivity contribution is 0.0353. The molecular weight excluding hydrogens is 362 g/mol. The Morgan fingerprint density at radius 2 is 2.19 bits per heavy atom. The number of aromatic nitrogens is 2. The van der Waals surface area contributed by atoms with Gasteiger partial charge >= 0.3 is 0 Å². The molecule has 1 aliphatic heterocycles. The van der Waals surface area contributed by atoms with E-state index in [1.807, 2.05) is 6.07 Å². The summed E-state index contributed by atoms with van der Waals surface area (Å²) in [7, 11) is 1.80. The number of carbonyl (C=O) groups excluding carboxylic acids is 1. The average Bonchev–Trinajstić information content (AvgIpc) is 3.16. The minimum Gasteiger partial charge on any atom is -0.491 e. The van der Waals surface area contributed by atoms with Crippen molar-refractivity contribution in [3.63, 3.8) is 0 Å². The molecule has 0 spiro atoms. The van der Waals surface area contributed by atoms with Crippen LogP contribution in [-0.4, -0.2) is 39.8 Å². The first kappa shape index (κ1) is 18.4. The smallest absolute Gasteiger partial charge is 0.275 e. The second-order valence-electron chi connectivity index (χ2n) is 7.29. The van der Waals surface area contributed by atoms with E-state index in [1.54, 1.807) is 12.0 Å². The van der Waals surface area contributed by atoms with Crippen molar-refractivity contribution < 1.29 is 14.3 Å². The lowest BCUT2D eigenvalue weighted by Crippen LogP contribution is -2.32.